The van der Waals surface area contributed by atoms with Gasteiger partial charge >= 0.3 is 0 Å². The van der Waals surface area contributed by atoms with Crippen LogP contribution in [-0.2, 0) is 0 Å². The highest BCUT2D eigenvalue weighted by molar-refractivity contribution is 7.14. The first-order chi connectivity index (χ1) is 8.83. The molecule has 2 aromatic rings. The van der Waals surface area contributed by atoms with Crippen LogP contribution in [0.4, 0.5) is 5.95 Å². The predicted molar refractivity (Wildman–Crippen MR) is 71.9 cm³/mol. The lowest BCUT2D eigenvalue weighted by atomic mass is 10.4. The molecule has 7 heteroatoms. The number of H-pyrrole nitrogens is 1. The summed E-state index contributed by atoms with van der Waals surface area (Å²) in [6.07, 6.45) is 2.97. The van der Waals surface area contributed by atoms with Gasteiger partial charge in [0.15, 0.2) is 5.82 Å². The van der Waals surface area contributed by atoms with Crippen molar-refractivity contribution in [1.82, 2.24) is 25.5 Å². The number of anilines is 1. The van der Waals surface area contributed by atoms with Crippen molar-refractivity contribution in [1.29, 1.82) is 0 Å². The van der Waals surface area contributed by atoms with Crippen molar-refractivity contribution in [3.63, 3.8) is 0 Å². The zero-order valence-electron chi connectivity index (χ0n) is 10.3. The highest BCUT2D eigenvalue weighted by atomic mass is 32.1. The maximum atomic E-state index is 4.56. The second-order valence-electron chi connectivity index (χ2n) is 4.32. The first-order valence-electron chi connectivity index (χ1n) is 6.14. The SMILES string of the molecule is Cc1ncc(-c2nc(N3CCCNCC3)n[nH]2)s1. The molecule has 0 bridgehead atoms. The van der Waals surface area contributed by atoms with Gasteiger partial charge in [-0.2, -0.15) is 4.98 Å². The van der Waals surface area contributed by atoms with Gasteiger partial charge in [-0.15, -0.1) is 16.4 Å². The largest absolute Gasteiger partial charge is 0.338 e. The van der Waals surface area contributed by atoms with Gasteiger partial charge in [-0.05, 0) is 19.9 Å². The number of aromatic nitrogens is 4. The summed E-state index contributed by atoms with van der Waals surface area (Å²) >= 11 is 1.63. The van der Waals surface area contributed by atoms with Crippen LogP contribution in [0.15, 0.2) is 6.20 Å². The van der Waals surface area contributed by atoms with Gasteiger partial charge in [-0.3, -0.25) is 5.10 Å². The molecule has 0 aliphatic carbocycles. The Morgan fingerprint density at radius 3 is 3.11 bits per heavy atom. The summed E-state index contributed by atoms with van der Waals surface area (Å²) in [5.41, 5.74) is 0. The molecule has 0 aromatic carbocycles. The molecule has 2 N–H and O–H groups in total. The van der Waals surface area contributed by atoms with Gasteiger partial charge in [-0.25, -0.2) is 4.98 Å². The fourth-order valence-electron chi connectivity index (χ4n) is 2.02. The molecule has 3 heterocycles. The number of rotatable bonds is 2. The highest BCUT2D eigenvalue weighted by Crippen LogP contribution is 2.23. The van der Waals surface area contributed by atoms with Crippen molar-refractivity contribution in [3.05, 3.63) is 11.2 Å². The summed E-state index contributed by atoms with van der Waals surface area (Å²) in [6, 6.07) is 0. The van der Waals surface area contributed by atoms with E-state index >= 15 is 0 Å². The molecular weight excluding hydrogens is 248 g/mol. The highest BCUT2D eigenvalue weighted by Gasteiger charge is 2.15. The molecule has 0 unspecified atom stereocenters. The third-order valence-corrected chi connectivity index (χ3v) is 3.87. The molecule has 6 nitrogen and oxygen atoms in total. The van der Waals surface area contributed by atoms with E-state index in [-0.39, 0.29) is 0 Å². The van der Waals surface area contributed by atoms with Gasteiger partial charge < -0.3 is 10.2 Å². The Bertz CT molecular complexity index is 511. The maximum Gasteiger partial charge on any atom is 0.245 e. The molecule has 1 aliphatic heterocycles. The summed E-state index contributed by atoms with van der Waals surface area (Å²) in [4.78, 5) is 12.1. The van der Waals surface area contributed by atoms with E-state index in [1.165, 1.54) is 0 Å². The number of aromatic amines is 1. The third-order valence-electron chi connectivity index (χ3n) is 2.95. The zero-order valence-corrected chi connectivity index (χ0v) is 11.1. The first kappa shape index (κ1) is 11.6. The molecule has 0 saturated carbocycles. The van der Waals surface area contributed by atoms with Gasteiger partial charge in [0.1, 0.15) is 0 Å². The molecule has 0 spiro atoms. The number of thiazole rings is 1. The average molecular weight is 264 g/mol. The number of nitrogens with one attached hydrogen (secondary N) is 2. The lowest BCUT2D eigenvalue weighted by Gasteiger charge is -2.16. The molecule has 96 valence electrons. The minimum atomic E-state index is 0.791. The van der Waals surface area contributed by atoms with Gasteiger partial charge in [0.25, 0.3) is 0 Å². The van der Waals surface area contributed by atoms with Crippen molar-refractivity contribution in [2.24, 2.45) is 0 Å². The van der Waals surface area contributed by atoms with Gasteiger partial charge in [0, 0.05) is 25.8 Å². The summed E-state index contributed by atoms with van der Waals surface area (Å²) in [5.74, 6) is 1.60. The molecule has 2 aromatic heterocycles. The van der Waals surface area contributed by atoms with E-state index in [9.17, 15) is 0 Å². The minimum Gasteiger partial charge on any atom is -0.338 e. The van der Waals surface area contributed by atoms with Crippen molar-refractivity contribution in [2.75, 3.05) is 31.1 Å². The van der Waals surface area contributed by atoms with Gasteiger partial charge in [0.2, 0.25) is 5.95 Å². The summed E-state index contributed by atoms with van der Waals surface area (Å²) in [6.45, 7) is 6.02. The summed E-state index contributed by atoms with van der Waals surface area (Å²) in [7, 11) is 0. The Labute approximate surface area is 109 Å². The van der Waals surface area contributed by atoms with Crippen molar-refractivity contribution in [3.8, 4) is 10.7 Å². The molecule has 1 saturated heterocycles. The van der Waals surface area contributed by atoms with Crippen LogP contribution in [0.1, 0.15) is 11.4 Å². The predicted octanol–water partition coefficient (Wildman–Crippen LogP) is 1.04. The fourth-order valence-corrected chi connectivity index (χ4v) is 2.74. The van der Waals surface area contributed by atoms with Crippen LogP contribution in [0.3, 0.4) is 0 Å². The van der Waals surface area contributed by atoms with E-state index in [0.29, 0.717) is 0 Å². The van der Waals surface area contributed by atoms with Gasteiger partial charge in [-0.1, -0.05) is 0 Å². The van der Waals surface area contributed by atoms with Crippen LogP contribution in [0, 0.1) is 6.92 Å². The second kappa shape index (κ2) is 5.03. The van der Waals surface area contributed by atoms with E-state index in [1.54, 1.807) is 11.3 Å². The number of nitrogens with zero attached hydrogens (tertiary/aromatic N) is 4. The lowest BCUT2D eigenvalue weighted by Crippen LogP contribution is -2.28. The molecule has 0 atom stereocenters. The molecular formula is C11H16N6S. The van der Waals surface area contributed by atoms with Crippen LogP contribution in [0.2, 0.25) is 0 Å². The Balaban J connectivity index is 1.80. The van der Waals surface area contributed by atoms with E-state index in [4.69, 9.17) is 0 Å². The smallest absolute Gasteiger partial charge is 0.245 e. The molecule has 1 aliphatic rings. The fraction of sp³-hybridized carbons (Fsp3) is 0.545. The van der Waals surface area contributed by atoms with Crippen molar-refractivity contribution in [2.45, 2.75) is 13.3 Å². The molecule has 18 heavy (non-hydrogen) atoms. The van der Waals surface area contributed by atoms with Crippen LogP contribution < -0.4 is 10.2 Å². The first-order valence-corrected chi connectivity index (χ1v) is 6.95. The molecule has 0 radical (unpaired) electrons. The molecule has 0 amide bonds. The summed E-state index contributed by atoms with van der Waals surface area (Å²) in [5, 5.41) is 11.7. The number of hydrogen-bond donors (Lipinski definition) is 2. The normalized spacial score (nSPS) is 16.8. The average Bonchev–Trinajstić information content (AvgIpc) is 2.92. The molecule has 3 rings (SSSR count). The Morgan fingerprint density at radius 1 is 1.33 bits per heavy atom. The van der Waals surface area contributed by atoms with E-state index in [0.717, 1.165) is 54.3 Å². The zero-order chi connectivity index (χ0) is 12.4. The van der Waals surface area contributed by atoms with Crippen molar-refractivity contribution >= 4 is 17.3 Å². The maximum absolute atomic E-state index is 4.56. The lowest BCUT2D eigenvalue weighted by molar-refractivity contribution is 0.724. The Kier molecular flexibility index (Phi) is 3.24. The third kappa shape index (κ3) is 2.37. The monoisotopic (exact) mass is 264 g/mol. The quantitative estimate of drug-likeness (QED) is 0.848. The molecule has 1 fully saturated rings. The second-order valence-corrected chi connectivity index (χ2v) is 5.55. The standard InChI is InChI=1S/C11H16N6S/c1-8-13-7-9(18-8)10-14-11(16-15-10)17-5-2-3-12-4-6-17/h7,12H,2-6H2,1H3,(H,14,15,16). The van der Waals surface area contributed by atoms with E-state index < -0.39 is 0 Å². The van der Waals surface area contributed by atoms with E-state index in [2.05, 4.69) is 30.4 Å². The van der Waals surface area contributed by atoms with Crippen LogP contribution >= 0.6 is 11.3 Å². The van der Waals surface area contributed by atoms with Crippen molar-refractivity contribution < 1.29 is 0 Å². The Hall–Kier alpha value is -1.47. The number of aryl methyl sites for hydroxylation is 1. The van der Waals surface area contributed by atoms with E-state index in [1.807, 2.05) is 13.1 Å². The Morgan fingerprint density at radius 2 is 2.28 bits per heavy atom. The van der Waals surface area contributed by atoms with Crippen LogP contribution in [0.5, 0.6) is 0 Å². The summed E-state index contributed by atoms with van der Waals surface area (Å²) < 4.78 is 0. The minimum absolute atomic E-state index is 0.791. The number of hydrogen-bond acceptors (Lipinski definition) is 6. The van der Waals surface area contributed by atoms with Crippen LogP contribution in [0.25, 0.3) is 10.7 Å². The van der Waals surface area contributed by atoms with Gasteiger partial charge in [0.05, 0.1) is 9.88 Å². The van der Waals surface area contributed by atoms with Crippen LogP contribution in [-0.4, -0.2) is 46.3 Å². The topological polar surface area (TPSA) is 69.7 Å².